The molecule has 2 aromatic carbocycles. The van der Waals surface area contributed by atoms with E-state index >= 15 is 0 Å². The average molecular weight is 355 g/mol. The third-order valence-electron chi connectivity index (χ3n) is 5.17. The second-order valence-electron chi connectivity index (χ2n) is 6.76. The smallest absolute Gasteiger partial charge is 0.254 e. The Morgan fingerprint density at radius 2 is 1.58 bits per heavy atom. The van der Waals surface area contributed by atoms with Gasteiger partial charge in [0.05, 0.1) is 20.3 Å². The molecule has 2 atom stereocenters. The molecule has 1 saturated heterocycles. The lowest BCUT2D eigenvalue weighted by molar-refractivity contribution is -0.0177. The summed E-state index contributed by atoms with van der Waals surface area (Å²) in [5.41, 5.74) is 0.242. The van der Waals surface area contributed by atoms with Gasteiger partial charge in [-0.2, -0.15) is 0 Å². The summed E-state index contributed by atoms with van der Waals surface area (Å²) < 4.78 is 10.3. The van der Waals surface area contributed by atoms with Crippen molar-refractivity contribution in [3.8, 4) is 11.5 Å². The fourth-order valence-corrected chi connectivity index (χ4v) is 3.61. The minimum atomic E-state index is -1.13. The molecule has 26 heavy (non-hydrogen) atoms. The molecule has 1 aliphatic rings. The molecule has 2 aromatic rings. The van der Waals surface area contributed by atoms with Crippen molar-refractivity contribution >= 4 is 5.91 Å². The Bertz CT molecular complexity index is 753. The largest absolute Gasteiger partial charge is 0.497 e. The van der Waals surface area contributed by atoms with E-state index in [-0.39, 0.29) is 11.9 Å². The van der Waals surface area contributed by atoms with Gasteiger partial charge in [-0.3, -0.25) is 4.79 Å². The zero-order valence-corrected chi connectivity index (χ0v) is 15.4. The van der Waals surface area contributed by atoms with Crippen molar-refractivity contribution in [2.75, 3.05) is 20.8 Å². The van der Waals surface area contributed by atoms with E-state index in [2.05, 4.69) is 0 Å². The Kier molecular flexibility index (Phi) is 5.18. The van der Waals surface area contributed by atoms with Crippen LogP contribution in [0.2, 0.25) is 0 Å². The zero-order valence-electron chi connectivity index (χ0n) is 15.4. The van der Waals surface area contributed by atoms with Crippen LogP contribution in [0.4, 0.5) is 0 Å². The molecule has 0 saturated carbocycles. The van der Waals surface area contributed by atoms with Crippen molar-refractivity contribution < 1.29 is 19.4 Å². The summed E-state index contributed by atoms with van der Waals surface area (Å²) in [5, 5.41) is 11.2. The topological polar surface area (TPSA) is 59.0 Å². The van der Waals surface area contributed by atoms with Gasteiger partial charge in [-0.1, -0.05) is 12.1 Å². The summed E-state index contributed by atoms with van der Waals surface area (Å²) in [7, 11) is 3.21. The van der Waals surface area contributed by atoms with Crippen LogP contribution in [0.25, 0.3) is 0 Å². The first kappa shape index (κ1) is 18.3. The number of carbonyl (C=O) groups excluding carboxylic acids is 1. The van der Waals surface area contributed by atoms with Crippen LogP contribution in [-0.4, -0.2) is 42.7 Å². The fourth-order valence-electron chi connectivity index (χ4n) is 3.61. The van der Waals surface area contributed by atoms with Crippen LogP contribution in [0, 0.1) is 0 Å². The summed E-state index contributed by atoms with van der Waals surface area (Å²) in [4.78, 5) is 14.8. The van der Waals surface area contributed by atoms with Gasteiger partial charge in [0.25, 0.3) is 5.91 Å². The fraction of sp³-hybridized carbons (Fsp3) is 0.381. The van der Waals surface area contributed by atoms with Crippen LogP contribution < -0.4 is 9.47 Å². The Labute approximate surface area is 154 Å². The molecule has 0 aromatic heterocycles. The minimum absolute atomic E-state index is 0.0658. The molecule has 1 N–H and O–H groups in total. The first-order chi connectivity index (χ1) is 12.5. The Morgan fingerprint density at radius 3 is 2.12 bits per heavy atom. The van der Waals surface area contributed by atoms with Crippen LogP contribution in [0.1, 0.15) is 35.7 Å². The van der Waals surface area contributed by atoms with Crippen LogP contribution in [0.15, 0.2) is 48.5 Å². The van der Waals surface area contributed by atoms with Gasteiger partial charge in [0.2, 0.25) is 0 Å². The SMILES string of the molecule is COc1ccc(C(=O)N2CCCC2C(C)(O)c2ccc(OC)cc2)cc1. The zero-order chi connectivity index (χ0) is 18.7. The minimum Gasteiger partial charge on any atom is -0.497 e. The molecule has 0 radical (unpaired) electrons. The molecule has 0 bridgehead atoms. The molecule has 0 spiro atoms. The van der Waals surface area contributed by atoms with Crippen molar-refractivity contribution in [2.45, 2.75) is 31.4 Å². The quantitative estimate of drug-likeness (QED) is 0.895. The van der Waals surface area contributed by atoms with Gasteiger partial charge in [-0.05, 0) is 61.7 Å². The molecule has 5 heteroatoms. The van der Waals surface area contributed by atoms with E-state index in [0.29, 0.717) is 17.9 Å². The van der Waals surface area contributed by atoms with Crippen molar-refractivity contribution in [1.29, 1.82) is 0 Å². The monoisotopic (exact) mass is 355 g/mol. The normalized spacial score (nSPS) is 19.1. The number of rotatable bonds is 5. The van der Waals surface area contributed by atoms with Gasteiger partial charge in [0.1, 0.15) is 17.1 Å². The Hall–Kier alpha value is -2.53. The van der Waals surface area contributed by atoms with E-state index in [0.717, 1.165) is 24.2 Å². The molecule has 1 aliphatic heterocycles. The highest BCUT2D eigenvalue weighted by Crippen LogP contribution is 2.36. The lowest BCUT2D eigenvalue weighted by Gasteiger charge is -2.37. The molecule has 3 rings (SSSR count). The molecule has 1 fully saturated rings. The summed E-state index contributed by atoms with van der Waals surface area (Å²) >= 11 is 0. The van der Waals surface area contributed by atoms with E-state index in [1.54, 1.807) is 50.3 Å². The van der Waals surface area contributed by atoms with Crippen molar-refractivity contribution in [2.24, 2.45) is 0 Å². The number of nitrogens with zero attached hydrogens (tertiary/aromatic N) is 1. The number of ether oxygens (including phenoxy) is 2. The lowest BCUT2D eigenvalue weighted by atomic mass is 9.86. The highest BCUT2D eigenvalue weighted by atomic mass is 16.5. The number of carbonyl (C=O) groups is 1. The number of hydrogen-bond acceptors (Lipinski definition) is 4. The van der Waals surface area contributed by atoms with E-state index < -0.39 is 5.60 Å². The molecular formula is C21H25NO4. The lowest BCUT2D eigenvalue weighted by Crippen LogP contribution is -2.48. The van der Waals surface area contributed by atoms with Crippen LogP contribution >= 0.6 is 0 Å². The third-order valence-corrected chi connectivity index (χ3v) is 5.17. The number of benzene rings is 2. The summed E-state index contributed by atoms with van der Waals surface area (Å²) in [5.74, 6) is 1.39. The highest BCUT2D eigenvalue weighted by molar-refractivity contribution is 5.94. The summed E-state index contributed by atoms with van der Waals surface area (Å²) in [6.45, 7) is 2.42. The van der Waals surface area contributed by atoms with Gasteiger partial charge in [-0.25, -0.2) is 0 Å². The van der Waals surface area contributed by atoms with E-state index in [4.69, 9.17) is 9.47 Å². The number of methoxy groups -OCH3 is 2. The average Bonchev–Trinajstić information content (AvgIpc) is 3.18. The number of likely N-dealkylation sites (tertiary alicyclic amines) is 1. The van der Waals surface area contributed by atoms with Gasteiger partial charge in [-0.15, -0.1) is 0 Å². The maximum absolute atomic E-state index is 13.0. The Morgan fingerprint density at radius 1 is 1.04 bits per heavy atom. The molecule has 138 valence electrons. The van der Waals surface area contributed by atoms with E-state index in [1.807, 2.05) is 24.3 Å². The van der Waals surface area contributed by atoms with Gasteiger partial charge < -0.3 is 19.5 Å². The predicted octanol–water partition coefficient (Wildman–Crippen LogP) is 3.22. The second kappa shape index (κ2) is 7.38. The first-order valence-electron chi connectivity index (χ1n) is 8.79. The number of amides is 1. The van der Waals surface area contributed by atoms with Crippen molar-refractivity contribution in [1.82, 2.24) is 4.90 Å². The molecule has 1 heterocycles. The Balaban J connectivity index is 1.84. The van der Waals surface area contributed by atoms with Crippen LogP contribution in [0.3, 0.4) is 0 Å². The van der Waals surface area contributed by atoms with Crippen LogP contribution in [-0.2, 0) is 5.60 Å². The predicted molar refractivity (Wildman–Crippen MR) is 99.6 cm³/mol. The molecule has 0 aliphatic carbocycles. The van der Waals surface area contributed by atoms with E-state index in [1.165, 1.54) is 0 Å². The maximum Gasteiger partial charge on any atom is 0.254 e. The standard InChI is InChI=1S/C21H25NO4/c1-21(24,16-8-12-18(26-3)13-9-16)19-5-4-14-22(19)20(23)15-6-10-17(25-2)11-7-15/h6-13,19,24H,4-5,14H2,1-3H3. The van der Waals surface area contributed by atoms with Gasteiger partial charge in [0.15, 0.2) is 0 Å². The van der Waals surface area contributed by atoms with Crippen molar-refractivity contribution in [3.05, 3.63) is 59.7 Å². The third kappa shape index (κ3) is 3.40. The van der Waals surface area contributed by atoms with Gasteiger partial charge >= 0.3 is 0 Å². The molecule has 2 unspecified atom stereocenters. The van der Waals surface area contributed by atoms with Crippen LogP contribution in [0.5, 0.6) is 11.5 Å². The van der Waals surface area contributed by atoms with Gasteiger partial charge in [0, 0.05) is 12.1 Å². The molecule has 5 nitrogen and oxygen atoms in total. The summed E-state index contributed by atoms with van der Waals surface area (Å²) in [6, 6.07) is 14.2. The first-order valence-corrected chi connectivity index (χ1v) is 8.79. The number of aliphatic hydroxyl groups is 1. The number of hydrogen-bond donors (Lipinski definition) is 1. The highest BCUT2D eigenvalue weighted by Gasteiger charge is 2.42. The summed E-state index contributed by atoms with van der Waals surface area (Å²) in [6.07, 6.45) is 1.64. The van der Waals surface area contributed by atoms with Crippen molar-refractivity contribution in [3.63, 3.8) is 0 Å². The molecule has 1 amide bonds. The second-order valence-corrected chi connectivity index (χ2v) is 6.76. The maximum atomic E-state index is 13.0. The van der Waals surface area contributed by atoms with E-state index in [9.17, 15) is 9.90 Å². The molecular weight excluding hydrogens is 330 g/mol.